The Kier molecular flexibility index (Phi) is 4.02. The van der Waals surface area contributed by atoms with Crippen molar-refractivity contribution in [1.82, 2.24) is 20.6 Å². The first-order chi connectivity index (χ1) is 12.7. The van der Waals surface area contributed by atoms with Gasteiger partial charge >= 0.3 is 0 Å². The normalized spacial score (nSPS) is 15.5. The van der Waals surface area contributed by atoms with Crippen molar-refractivity contribution in [2.45, 2.75) is 12.5 Å². The minimum atomic E-state index is -0.884. The smallest absolute Gasteiger partial charge is 0.266 e. The lowest BCUT2D eigenvalue weighted by Crippen LogP contribution is -2.39. The number of tetrazole rings is 1. The summed E-state index contributed by atoms with van der Waals surface area (Å²) in [6, 6.07) is 14.1. The van der Waals surface area contributed by atoms with E-state index in [1.54, 1.807) is 48.5 Å². The number of carbonyl (C=O) groups is 2. The van der Waals surface area contributed by atoms with Crippen molar-refractivity contribution in [1.29, 1.82) is 0 Å². The summed E-state index contributed by atoms with van der Waals surface area (Å²) in [6.07, 6.45) is -0.989. The predicted molar refractivity (Wildman–Crippen MR) is 92.3 cm³/mol. The van der Waals surface area contributed by atoms with E-state index in [1.165, 1.54) is 0 Å². The topological polar surface area (TPSA) is 122 Å². The fraction of sp³-hybridized carbons (Fsp3) is 0.118. The summed E-state index contributed by atoms with van der Waals surface area (Å²) >= 11 is 0. The lowest BCUT2D eigenvalue weighted by molar-refractivity contribution is -0.128. The Hall–Kier alpha value is -3.75. The second-order valence-corrected chi connectivity index (χ2v) is 5.66. The van der Waals surface area contributed by atoms with Crippen LogP contribution < -0.4 is 15.4 Å². The van der Waals surface area contributed by atoms with Gasteiger partial charge in [0.05, 0.1) is 12.1 Å². The van der Waals surface area contributed by atoms with Crippen LogP contribution in [0.2, 0.25) is 0 Å². The van der Waals surface area contributed by atoms with Crippen LogP contribution in [0.1, 0.15) is 6.42 Å². The number of amides is 2. The molecule has 26 heavy (non-hydrogen) atoms. The molecule has 0 spiro atoms. The highest BCUT2D eigenvalue weighted by molar-refractivity contribution is 6.02. The SMILES string of the molecule is O=C(C[C@@H]1Oc2ccccc2NC1=O)Nc1cccc(-c2nn[nH]n2)c1. The first-order valence-electron chi connectivity index (χ1n) is 7.89. The molecule has 0 saturated carbocycles. The second kappa shape index (κ2) is 6.63. The Morgan fingerprint density at radius 1 is 1.19 bits per heavy atom. The maximum Gasteiger partial charge on any atom is 0.266 e. The van der Waals surface area contributed by atoms with E-state index < -0.39 is 6.10 Å². The Labute approximate surface area is 147 Å². The number of benzene rings is 2. The highest BCUT2D eigenvalue weighted by Crippen LogP contribution is 2.29. The van der Waals surface area contributed by atoms with Crippen LogP contribution in [-0.4, -0.2) is 38.5 Å². The molecule has 2 heterocycles. The molecule has 0 saturated heterocycles. The van der Waals surface area contributed by atoms with E-state index in [4.69, 9.17) is 4.74 Å². The molecule has 0 aliphatic carbocycles. The van der Waals surface area contributed by atoms with E-state index in [2.05, 4.69) is 31.3 Å². The molecule has 1 aliphatic rings. The van der Waals surface area contributed by atoms with Gasteiger partial charge in [-0.3, -0.25) is 9.59 Å². The highest BCUT2D eigenvalue weighted by atomic mass is 16.5. The van der Waals surface area contributed by atoms with Crippen LogP contribution in [0.3, 0.4) is 0 Å². The monoisotopic (exact) mass is 350 g/mol. The molecule has 0 unspecified atom stereocenters. The summed E-state index contributed by atoms with van der Waals surface area (Å²) in [5.74, 6) is 0.283. The van der Waals surface area contributed by atoms with Gasteiger partial charge in [-0.25, -0.2) is 0 Å². The molecular formula is C17H14N6O3. The van der Waals surface area contributed by atoms with Gasteiger partial charge in [0.1, 0.15) is 5.75 Å². The Bertz CT molecular complexity index is 957. The van der Waals surface area contributed by atoms with E-state index in [9.17, 15) is 9.59 Å². The van der Waals surface area contributed by atoms with Gasteiger partial charge in [-0.05, 0) is 29.5 Å². The van der Waals surface area contributed by atoms with E-state index in [1.807, 2.05) is 0 Å². The number of ether oxygens (including phenoxy) is 1. The molecule has 2 aromatic carbocycles. The first-order valence-corrected chi connectivity index (χ1v) is 7.89. The molecular weight excluding hydrogens is 336 g/mol. The van der Waals surface area contributed by atoms with Crippen molar-refractivity contribution < 1.29 is 14.3 Å². The predicted octanol–water partition coefficient (Wildman–Crippen LogP) is 1.59. The van der Waals surface area contributed by atoms with Gasteiger partial charge in [-0.1, -0.05) is 24.3 Å². The number of H-pyrrole nitrogens is 1. The third kappa shape index (κ3) is 3.22. The molecule has 2 amide bonds. The van der Waals surface area contributed by atoms with Crippen molar-refractivity contribution in [3.05, 3.63) is 48.5 Å². The third-order valence-electron chi connectivity index (χ3n) is 3.83. The van der Waals surface area contributed by atoms with Gasteiger partial charge < -0.3 is 15.4 Å². The molecule has 3 N–H and O–H groups in total. The van der Waals surface area contributed by atoms with Gasteiger partial charge in [0.25, 0.3) is 5.91 Å². The van der Waals surface area contributed by atoms with Crippen LogP contribution in [0.4, 0.5) is 11.4 Å². The maximum atomic E-state index is 12.3. The molecule has 1 aromatic heterocycles. The number of fused-ring (bicyclic) bond motifs is 1. The summed E-state index contributed by atoms with van der Waals surface area (Å²) < 4.78 is 5.63. The number of carbonyl (C=O) groups excluding carboxylic acids is 2. The zero-order chi connectivity index (χ0) is 17.9. The Balaban J connectivity index is 1.43. The second-order valence-electron chi connectivity index (χ2n) is 5.66. The van der Waals surface area contributed by atoms with Crippen molar-refractivity contribution in [2.75, 3.05) is 10.6 Å². The zero-order valence-corrected chi connectivity index (χ0v) is 13.5. The van der Waals surface area contributed by atoms with Gasteiger partial charge in [-0.15, -0.1) is 10.2 Å². The molecule has 9 heteroatoms. The summed E-state index contributed by atoms with van der Waals surface area (Å²) in [6.45, 7) is 0. The zero-order valence-electron chi connectivity index (χ0n) is 13.5. The summed E-state index contributed by atoms with van der Waals surface area (Å²) in [4.78, 5) is 24.4. The fourth-order valence-electron chi connectivity index (χ4n) is 2.63. The number of rotatable bonds is 4. The van der Waals surface area contributed by atoms with Crippen LogP contribution in [0.25, 0.3) is 11.4 Å². The Morgan fingerprint density at radius 2 is 2.08 bits per heavy atom. The molecule has 0 radical (unpaired) electrons. The van der Waals surface area contributed by atoms with Crippen LogP contribution >= 0.6 is 0 Å². The molecule has 1 atom stereocenters. The minimum absolute atomic E-state index is 0.105. The van der Waals surface area contributed by atoms with Crippen molar-refractivity contribution in [2.24, 2.45) is 0 Å². The van der Waals surface area contributed by atoms with Gasteiger partial charge in [0, 0.05) is 11.3 Å². The first kappa shape index (κ1) is 15.8. The molecule has 9 nitrogen and oxygen atoms in total. The lowest BCUT2D eigenvalue weighted by Gasteiger charge is -2.25. The van der Waals surface area contributed by atoms with E-state index in [-0.39, 0.29) is 18.2 Å². The van der Waals surface area contributed by atoms with E-state index in [0.29, 0.717) is 28.5 Å². The quantitative estimate of drug-likeness (QED) is 0.657. The van der Waals surface area contributed by atoms with Crippen molar-refractivity contribution in [3.63, 3.8) is 0 Å². The number of nitrogens with zero attached hydrogens (tertiary/aromatic N) is 3. The molecule has 1 aliphatic heterocycles. The van der Waals surface area contributed by atoms with Crippen LogP contribution in [0.15, 0.2) is 48.5 Å². The number of aromatic nitrogens is 4. The maximum absolute atomic E-state index is 12.3. The standard InChI is InChI=1S/C17H14N6O3/c24-15(9-14-17(25)19-12-6-1-2-7-13(12)26-14)18-11-5-3-4-10(8-11)16-20-22-23-21-16/h1-8,14H,9H2,(H,18,24)(H,19,25)(H,20,21,22,23)/t14-/m0/s1. The lowest BCUT2D eigenvalue weighted by atomic mass is 10.1. The Morgan fingerprint density at radius 3 is 2.92 bits per heavy atom. The summed E-state index contributed by atoms with van der Waals surface area (Å²) in [7, 11) is 0. The number of anilines is 2. The minimum Gasteiger partial charge on any atom is -0.478 e. The summed E-state index contributed by atoms with van der Waals surface area (Å²) in [5.41, 5.74) is 1.87. The number of hydrogen-bond donors (Lipinski definition) is 3. The van der Waals surface area contributed by atoms with Crippen LogP contribution in [0, 0.1) is 0 Å². The highest BCUT2D eigenvalue weighted by Gasteiger charge is 2.29. The van der Waals surface area contributed by atoms with Crippen molar-refractivity contribution >= 4 is 23.2 Å². The molecule has 130 valence electrons. The van der Waals surface area contributed by atoms with Gasteiger partial charge in [0.15, 0.2) is 6.10 Å². The number of para-hydroxylation sites is 2. The van der Waals surface area contributed by atoms with Crippen molar-refractivity contribution in [3.8, 4) is 17.1 Å². The number of nitrogens with one attached hydrogen (secondary N) is 3. The average molecular weight is 350 g/mol. The average Bonchev–Trinajstić information content (AvgIpc) is 3.17. The van der Waals surface area contributed by atoms with Gasteiger partial charge in [0.2, 0.25) is 11.7 Å². The molecule has 3 aromatic rings. The van der Waals surface area contributed by atoms with Crippen LogP contribution in [-0.2, 0) is 9.59 Å². The number of aromatic amines is 1. The fourth-order valence-corrected chi connectivity index (χ4v) is 2.63. The summed E-state index contributed by atoms with van der Waals surface area (Å²) in [5, 5.41) is 19.2. The van der Waals surface area contributed by atoms with Gasteiger partial charge in [-0.2, -0.15) is 5.21 Å². The van der Waals surface area contributed by atoms with Crippen LogP contribution in [0.5, 0.6) is 5.75 Å². The van der Waals surface area contributed by atoms with E-state index in [0.717, 1.165) is 0 Å². The van der Waals surface area contributed by atoms with E-state index >= 15 is 0 Å². The molecule has 0 bridgehead atoms. The third-order valence-corrected chi connectivity index (χ3v) is 3.83. The molecule has 0 fully saturated rings. The largest absolute Gasteiger partial charge is 0.478 e. The molecule has 4 rings (SSSR count). The number of hydrogen-bond acceptors (Lipinski definition) is 6.